The lowest BCUT2D eigenvalue weighted by Gasteiger charge is -2.10. The van der Waals surface area contributed by atoms with Gasteiger partial charge in [0.15, 0.2) is 0 Å². The maximum Gasteiger partial charge on any atom is 0.0998 e. The Kier molecular flexibility index (Phi) is 4.00. The Hall–Kier alpha value is -1.83. The molecule has 1 aromatic carbocycles. The highest BCUT2D eigenvalue weighted by atomic mass is 16.5. The third kappa shape index (κ3) is 2.69. The molecule has 0 bridgehead atoms. The molecule has 0 radical (unpaired) electrons. The van der Waals surface area contributed by atoms with E-state index >= 15 is 0 Å². The predicted octanol–water partition coefficient (Wildman–Crippen LogP) is 2.14. The number of hydrogen-bond donors (Lipinski definition) is 1. The van der Waals surface area contributed by atoms with Gasteiger partial charge in [-0.2, -0.15) is 5.26 Å². The molecule has 1 aliphatic rings. The Bertz CT molecular complexity index is 620. The molecule has 3 rings (SSSR count). The number of rotatable bonds is 5. The highest BCUT2D eigenvalue weighted by Crippen LogP contribution is 2.19. The van der Waals surface area contributed by atoms with Crippen LogP contribution in [-0.4, -0.2) is 30.9 Å². The molecule has 2 heterocycles. The van der Waals surface area contributed by atoms with Gasteiger partial charge in [0, 0.05) is 43.3 Å². The molecule has 4 nitrogen and oxygen atoms in total. The fraction of sp³-hybridized carbons (Fsp3) is 0.438. The summed E-state index contributed by atoms with van der Waals surface area (Å²) in [5.74, 6) is 0.668. The summed E-state index contributed by atoms with van der Waals surface area (Å²) in [6.45, 7) is 4.70. The zero-order valence-electron chi connectivity index (χ0n) is 11.5. The van der Waals surface area contributed by atoms with Gasteiger partial charge in [-0.25, -0.2) is 0 Å². The van der Waals surface area contributed by atoms with Crippen LogP contribution >= 0.6 is 0 Å². The SMILES string of the molecule is N#Cc1cccc2c1ccn2CCNCC1CCOC1. The zero-order chi connectivity index (χ0) is 13.8. The number of nitrogens with zero attached hydrogens (tertiary/aromatic N) is 2. The normalized spacial score (nSPS) is 18.4. The minimum Gasteiger partial charge on any atom is -0.381 e. The number of nitrogens with one attached hydrogen (secondary N) is 1. The molecule has 0 aliphatic carbocycles. The molecular weight excluding hydrogens is 250 g/mol. The van der Waals surface area contributed by atoms with E-state index in [4.69, 9.17) is 10.00 Å². The zero-order valence-corrected chi connectivity index (χ0v) is 11.5. The standard InChI is InChI=1S/C16H19N3O/c17-10-14-2-1-3-16-15(14)4-7-19(16)8-6-18-11-13-5-9-20-12-13/h1-4,7,13,18H,5-6,8-9,11-12H2. The molecule has 2 aromatic rings. The van der Waals surface area contributed by atoms with Gasteiger partial charge in [0.25, 0.3) is 0 Å². The van der Waals surface area contributed by atoms with Crippen LogP contribution in [0.15, 0.2) is 30.5 Å². The van der Waals surface area contributed by atoms with Gasteiger partial charge < -0.3 is 14.6 Å². The first kappa shape index (κ1) is 13.2. The minimum absolute atomic E-state index is 0.668. The second-order valence-corrected chi connectivity index (χ2v) is 5.29. The molecule has 0 spiro atoms. The summed E-state index contributed by atoms with van der Waals surface area (Å²) in [4.78, 5) is 0. The summed E-state index contributed by atoms with van der Waals surface area (Å²) < 4.78 is 7.57. The first-order chi connectivity index (χ1) is 9.88. The van der Waals surface area contributed by atoms with E-state index in [0.29, 0.717) is 5.92 Å². The molecule has 0 amide bonds. The fourth-order valence-electron chi connectivity index (χ4n) is 2.77. The van der Waals surface area contributed by atoms with Gasteiger partial charge >= 0.3 is 0 Å². The fourth-order valence-corrected chi connectivity index (χ4v) is 2.77. The van der Waals surface area contributed by atoms with Gasteiger partial charge in [0.1, 0.15) is 0 Å². The summed E-state index contributed by atoms with van der Waals surface area (Å²) in [5.41, 5.74) is 1.88. The summed E-state index contributed by atoms with van der Waals surface area (Å²) in [7, 11) is 0. The Labute approximate surface area is 119 Å². The van der Waals surface area contributed by atoms with Crippen molar-refractivity contribution >= 4 is 10.9 Å². The molecule has 1 atom stereocenters. The van der Waals surface area contributed by atoms with Gasteiger partial charge in [-0.05, 0) is 30.5 Å². The topological polar surface area (TPSA) is 50.0 Å². The molecular formula is C16H19N3O. The second kappa shape index (κ2) is 6.08. The van der Waals surface area contributed by atoms with E-state index in [-0.39, 0.29) is 0 Å². The van der Waals surface area contributed by atoms with Crippen LogP contribution < -0.4 is 5.32 Å². The van der Waals surface area contributed by atoms with Crippen LogP contribution in [0.4, 0.5) is 0 Å². The highest BCUT2D eigenvalue weighted by molar-refractivity contribution is 5.85. The third-order valence-electron chi connectivity index (χ3n) is 3.92. The second-order valence-electron chi connectivity index (χ2n) is 5.29. The quantitative estimate of drug-likeness (QED) is 0.846. The van der Waals surface area contributed by atoms with E-state index < -0.39 is 0 Å². The molecule has 0 saturated carbocycles. The van der Waals surface area contributed by atoms with E-state index in [1.807, 2.05) is 18.2 Å². The molecule has 1 aliphatic heterocycles. The monoisotopic (exact) mass is 269 g/mol. The summed E-state index contributed by atoms with van der Waals surface area (Å²) >= 11 is 0. The summed E-state index contributed by atoms with van der Waals surface area (Å²) in [6.07, 6.45) is 3.23. The van der Waals surface area contributed by atoms with Crippen molar-refractivity contribution in [1.82, 2.24) is 9.88 Å². The van der Waals surface area contributed by atoms with E-state index in [0.717, 1.165) is 49.3 Å². The van der Waals surface area contributed by atoms with Crippen molar-refractivity contribution in [2.75, 3.05) is 26.3 Å². The largest absolute Gasteiger partial charge is 0.381 e. The van der Waals surface area contributed by atoms with Crippen molar-refractivity contribution in [2.45, 2.75) is 13.0 Å². The molecule has 1 unspecified atom stereocenters. The van der Waals surface area contributed by atoms with E-state index in [9.17, 15) is 0 Å². The first-order valence-corrected chi connectivity index (χ1v) is 7.15. The molecule has 4 heteroatoms. The van der Waals surface area contributed by atoms with Crippen LogP contribution in [0.1, 0.15) is 12.0 Å². The smallest absolute Gasteiger partial charge is 0.0998 e. The molecule has 1 N–H and O–H groups in total. The van der Waals surface area contributed by atoms with Gasteiger partial charge in [0.05, 0.1) is 18.2 Å². The molecule has 104 valence electrons. The molecule has 1 aromatic heterocycles. The number of nitriles is 1. The highest BCUT2D eigenvalue weighted by Gasteiger charge is 2.14. The summed E-state index contributed by atoms with van der Waals surface area (Å²) in [6, 6.07) is 10.2. The first-order valence-electron chi connectivity index (χ1n) is 7.15. The lowest BCUT2D eigenvalue weighted by molar-refractivity contribution is 0.185. The third-order valence-corrected chi connectivity index (χ3v) is 3.92. The van der Waals surface area contributed by atoms with Crippen LogP contribution in [-0.2, 0) is 11.3 Å². The maximum atomic E-state index is 9.10. The van der Waals surface area contributed by atoms with E-state index in [2.05, 4.69) is 28.2 Å². The van der Waals surface area contributed by atoms with Gasteiger partial charge in [-0.3, -0.25) is 0 Å². The van der Waals surface area contributed by atoms with Crippen LogP contribution in [0.3, 0.4) is 0 Å². The van der Waals surface area contributed by atoms with Crippen molar-refractivity contribution in [3.05, 3.63) is 36.0 Å². The number of hydrogen-bond acceptors (Lipinski definition) is 3. The molecule has 1 saturated heterocycles. The van der Waals surface area contributed by atoms with Gasteiger partial charge in [-0.15, -0.1) is 0 Å². The Morgan fingerprint density at radius 2 is 2.35 bits per heavy atom. The number of ether oxygens (including phenoxy) is 1. The lowest BCUT2D eigenvalue weighted by Crippen LogP contribution is -2.26. The number of aromatic nitrogens is 1. The van der Waals surface area contributed by atoms with E-state index in [1.54, 1.807) is 0 Å². The number of fused-ring (bicyclic) bond motifs is 1. The van der Waals surface area contributed by atoms with Crippen LogP contribution in [0.2, 0.25) is 0 Å². The maximum absolute atomic E-state index is 9.10. The van der Waals surface area contributed by atoms with Crippen molar-refractivity contribution in [2.24, 2.45) is 5.92 Å². The number of benzene rings is 1. The van der Waals surface area contributed by atoms with Crippen LogP contribution in [0.5, 0.6) is 0 Å². The minimum atomic E-state index is 0.668. The summed E-state index contributed by atoms with van der Waals surface area (Å²) in [5, 5.41) is 13.6. The average molecular weight is 269 g/mol. The van der Waals surface area contributed by atoms with E-state index in [1.165, 1.54) is 6.42 Å². The van der Waals surface area contributed by atoms with Crippen LogP contribution in [0.25, 0.3) is 10.9 Å². The Morgan fingerprint density at radius 1 is 1.40 bits per heavy atom. The Morgan fingerprint density at radius 3 is 3.15 bits per heavy atom. The molecule has 20 heavy (non-hydrogen) atoms. The Balaban J connectivity index is 1.59. The van der Waals surface area contributed by atoms with Gasteiger partial charge in [-0.1, -0.05) is 6.07 Å². The predicted molar refractivity (Wildman–Crippen MR) is 78.4 cm³/mol. The lowest BCUT2D eigenvalue weighted by atomic mass is 10.1. The van der Waals surface area contributed by atoms with Crippen molar-refractivity contribution in [3.63, 3.8) is 0 Å². The van der Waals surface area contributed by atoms with Crippen molar-refractivity contribution in [1.29, 1.82) is 5.26 Å². The van der Waals surface area contributed by atoms with Crippen molar-refractivity contribution < 1.29 is 4.74 Å². The van der Waals surface area contributed by atoms with Crippen molar-refractivity contribution in [3.8, 4) is 6.07 Å². The molecule has 1 fully saturated rings. The average Bonchev–Trinajstić information content (AvgIpc) is 3.13. The van der Waals surface area contributed by atoms with Gasteiger partial charge in [0.2, 0.25) is 0 Å². The van der Waals surface area contributed by atoms with Crippen LogP contribution in [0, 0.1) is 17.2 Å².